The van der Waals surface area contributed by atoms with Gasteiger partial charge in [0, 0.05) is 36.4 Å². The van der Waals surface area contributed by atoms with Gasteiger partial charge in [0.25, 0.3) is 0 Å². The fraction of sp³-hybridized carbons (Fsp3) is 0.360. The number of aliphatic hydroxyl groups excluding tert-OH is 2. The molecule has 2 N–H and O–H groups in total. The Bertz CT molecular complexity index is 1220. The third kappa shape index (κ3) is 4.84. The van der Waals surface area contributed by atoms with Gasteiger partial charge in [-0.05, 0) is 36.6 Å². The molecule has 2 aromatic carbocycles. The van der Waals surface area contributed by atoms with Crippen molar-refractivity contribution < 1.29 is 63.5 Å². The van der Waals surface area contributed by atoms with Gasteiger partial charge >= 0.3 is 29.6 Å². The van der Waals surface area contributed by atoms with Gasteiger partial charge in [0.15, 0.2) is 0 Å². The predicted molar refractivity (Wildman–Crippen MR) is 114 cm³/mol. The number of aliphatic hydroxyl groups is 2. The molecule has 2 unspecified atom stereocenters. The summed E-state index contributed by atoms with van der Waals surface area (Å²) >= 11 is 0. The number of hydrogen-bond donors (Lipinski definition) is 2. The number of benzene rings is 2. The van der Waals surface area contributed by atoms with E-state index in [1.165, 1.54) is 12.1 Å². The molecular formula is C25H23FNNaO6. The summed E-state index contributed by atoms with van der Waals surface area (Å²) in [5.74, 6) is -1.72. The third-order valence-electron chi connectivity index (χ3n) is 6.36. The van der Waals surface area contributed by atoms with E-state index in [0.29, 0.717) is 22.2 Å². The number of fused-ring (bicyclic) bond motifs is 1. The molecule has 0 bridgehead atoms. The monoisotopic (exact) mass is 475 g/mol. The van der Waals surface area contributed by atoms with E-state index in [1.807, 2.05) is 12.1 Å². The number of para-hydroxylation sites is 1. The standard InChI is InChI=1S/C25H24FNO6.Na/c26-15-9-7-13(8-10-15)21-17-3-1-2-4-18(17)27(32)23(14-5-6-14)22(21)25-24(33-25)19(29)11-16(28)12-20(30)31;/h1-4,7-10,14,16,19,24-25,28-29H,5-6,11-12H2,(H,30,31);/q;+1/p-1/t16-,19+,24?,25?;/m1./s1. The summed E-state index contributed by atoms with van der Waals surface area (Å²) in [6.45, 7) is 0. The van der Waals surface area contributed by atoms with Gasteiger partial charge < -0.3 is 30.1 Å². The molecule has 1 aliphatic carbocycles. The van der Waals surface area contributed by atoms with Crippen molar-refractivity contribution in [3.63, 3.8) is 0 Å². The van der Waals surface area contributed by atoms with Crippen molar-refractivity contribution in [2.45, 2.75) is 56.0 Å². The molecule has 0 amide bonds. The van der Waals surface area contributed by atoms with Crippen LogP contribution in [0, 0.1) is 11.0 Å². The van der Waals surface area contributed by atoms with E-state index < -0.39 is 36.8 Å². The van der Waals surface area contributed by atoms with Crippen molar-refractivity contribution >= 4 is 16.9 Å². The summed E-state index contributed by atoms with van der Waals surface area (Å²) in [6, 6.07) is 13.2. The van der Waals surface area contributed by atoms with Gasteiger partial charge in [0.05, 0.1) is 23.2 Å². The van der Waals surface area contributed by atoms with Crippen LogP contribution in [0.4, 0.5) is 4.39 Å². The molecule has 1 aromatic heterocycles. The van der Waals surface area contributed by atoms with Crippen molar-refractivity contribution in [1.82, 2.24) is 0 Å². The predicted octanol–water partition coefficient (Wildman–Crippen LogP) is -1.15. The van der Waals surface area contributed by atoms with Crippen molar-refractivity contribution in [3.05, 3.63) is 70.8 Å². The number of halogens is 1. The van der Waals surface area contributed by atoms with Gasteiger partial charge in [0.1, 0.15) is 18.0 Å². The molecule has 2 aliphatic rings. The Morgan fingerprint density at radius 3 is 2.47 bits per heavy atom. The average Bonchev–Trinajstić information content (AvgIpc) is 3.67. The molecule has 5 rings (SSSR count). The van der Waals surface area contributed by atoms with Gasteiger partial charge in [0.2, 0.25) is 11.2 Å². The van der Waals surface area contributed by atoms with Crippen LogP contribution < -0.4 is 39.4 Å². The van der Waals surface area contributed by atoms with E-state index in [2.05, 4.69) is 0 Å². The number of nitrogens with zero attached hydrogens (tertiary/aromatic N) is 1. The molecule has 0 radical (unpaired) electrons. The molecule has 2 fully saturated rings. The van der Waals surface area contributed by atoms with E-state index in [1.54, 1.807) is 24.3 Å². The summed E-state index contributed by atoms with van der Waals surface area (Å²) in [5.41, 5.74) is 3.24. The number of aromatic nitrogens is 1. The fourth-order valence-electron chi connectivity index (χ4n) is 4.67. The number of hydrogen-bond acceptors (Lipinski definition) is 6. The van der Waals surface area contributed by atoms with Gasteiger partial charge in [-0.2, -0.15) is 4.73 Å². The number of epoxide rings is 1. The Hall–Kier alpha value is -2.07. The zero-order valence-corrected chi connectivity index (χ0v) is 20.7. The van der Waals surface area contributed by atoms with Crippen LogP contribution in [0.25, 0.3) is 22.0 Å². The number of carboxylic acids is 1. The Balaban J connectivity index is 0.00000274. The normalized spacial score (nSPS) is 21.0. The molecule has 1 saturated carbocycles. The van der Waals surface area contributed by atoms with Gasteiger partial charge in [-0.15, -0.1) is 0 Å². The number of rotatable bonds is 8. The first kappa shape index (κ1) is 25.0. The Labute approximate surface area is 217 Å². The van der Waals surface area contributed by atoms with Gasteiger partial charge in [-0.25, -0.2) is 4.39 Å². The van der Waals surface area contributed by atoms with E-state index in [4.69, 9.17) is 4.74 Å². The molecule has 34 heavy (non-hydrogen) atoms. The zero-order chi connectivity index (χ0) is 23.3. The molecular weight excluding hydrogens is 452 g/mol. The van der Waals surface area contributed by atoms with Crippen LogP contribution in [0.3, 0.4) is 0 Å². The molecule has 3 aromatic rings. The average molecular weight is 475 g/mol. The SMILES string of the molecule is O=C([O-])C[C@H](O)C[C@H](O)C1OC1c1c(-c2ccc(F)cc2)c2ccccc2[n+]([O-])c1C1CC1.[Na+]. The maximum atomic E-state index is 13.7. The van der Waals surface area contributed by atoms with Crippen LogP contribution in [0.5, 0.6) is 0 Å². The summed E-state index contributed by atoms with van der Waals surface area (Å²) in [4.78, 5) is 10.7. The van der Waals surface area contributed by atoms with Crippen LogP contribution in [-0.2, 0) is 9.53 Å². The largest absolute Gasteiger partial charge is 1.00 e. The Morgan fingerprint density at radius 2 is 1.82 bits per heavy atom. The summed E-state index contributed by atoms with van der Waals surface area (Å²) in [5, 5.41) is 45.3. The number of carbonyl (C=O) groups excluding carboxylic acids is 1. The van der Waals surface area contributed by atoms with Crippen LogP contribution in [0.15, 0.2) is 48.5 Å². The van der Waals surface area contributed by atoms with E-state index >= 15 is 0 Å². The summed E-state index contributed by atoms with van der Waals surface area (Å²) < 4.78 is 20.4. The molecule has 2 heterocycles. The number of carbonyl (C=O) groups is 1. The molecule has 1 saturated heterocycles. The first-order valence-electron chi connectivity index (χ1n) is 11.0. The first-order chi connectivity index (χ1) is 15.8. The Kier molecular flexibility index (Phi) is 7.28. The number of pyridine rings is 1. The molecule has 7 nitrogen and oxygen atoms in total. The molecule has 172 valence electrons. The zero-order valence-electron chi connectivity index (χ0n) is 18.7. The van der Waals surface area contributed by atoms with Crippen molar-refractivity contribution in [1.29, 1.82) is 0 Å². The van der Waals surface area contributed by atoms with Crippen molar-refractivity contribution in [2.24, 2.45) is 0 Å². The topological polar surface area (TPSA) is 120 Å². The molecule has 4 atom stereocenters. The second kappa shape index (κ2) is 9.89. The summed E-state index contributed by atoms with van der Waals surface area (Å²) in [7, 11) is 0. The van der Waals surface area contributed by atoms with E-state index in [0.717, 1.165) is 28.7 Å². The minimum atomic E-state index is -1.40. The number of carboxylic acid groups (broad SMARTS) is 1. The maximum Gasteiger partial charge on any atom is 1.00 e. The first-order valence-corrected chi connectivity index (χ1v) is 11.0. The molecule has 0 spiro atoms. The molecule has 9 heteroatoms. The van der Waals surface area contributed by atoms with E-state index in [9.17, 15) is 29.7 Å². The second-order valence-corrected chi connectivity index (χ2v) is 8.82. The fourth-order valence-corrected chi connectivity index (χ4v) is 4.67. The maximum absolute atomic E-state index is 13.7. The smallest absolute Gasteiger partial charge is 0.618 e. The summed E-state index contributed by atoms with van der Waals surface area (Å²) in [6.07, 6.45) is -2.74. The van der Waals surface area contributed by atoms with Crippen LogP contribution >= 0.6 is 0 Å². The molecule has 1 aliphatic heterocycles. The second-order valence-electron chi connectivity index (χ2n) is 8.82. The van der Waals surface area contributed by atoms with Crippen LogP contribution in [0.2, 0.25) is 0 Å². The van der Waals surface area contributed by atoms with Crippen molar-refractivity contribution in [3.8, 4) is 11.1 Å². The minimum Gasteiger partial charge on any atom is -0.618 e. The number of ether oxygens (including phenoxy) is 1. The van der Waals surface area contributed by atoms with E-state index in [-0.39, 0.29) is 47.7 Å². The quantitative estimate of drug-likeness (QED) is 0.184. The van der Waals surface area contributed by atoms with Crippen molar-refractivity contribution in [2.75, 3.05) is 0 Å². The van der Waals surface area contributed by atoms with Crippen LogP contribution in [-0.4, -0.2) is 34.5 Å². The minimum absolute atomic E-state index is 0. The number of aliphatic carboxylic acids is 1. The third-order valence-corrected chi connectivity index (χ3v) is 6.36. The van der Waals surface area contributed by atoms with Gasteiger partial charge in [-0.1, -0.05) is 24.3 Å². The Morgan fingerprint density at radius 1 is 1.15 bits per heavy atom. The van der Waals surface area contributed by atoms with Crippen LogP contribution in [0.1, 0.15) is 49.0 Å². The van der Waals surface area contributed by atoms with Gasteiger partial charge in [-0.3, -0.25) is 0 Å².